The van der Waals surface area contributed by atoms with Gasteiger partial charge in [-0.3, -0.25) is 9.59 Å². The van der Waals surface area contributed by atoms with Crippen molar-refractivity contribution in [3.63, 3.8) is 0 Å². The first-order chi connectivity index (χ1) is 14.0. The summed E-state index contributed by atoms with van der Waals surface area (Å²) in [5, 5.41) is 2.79. The molecular weight excluding hydrogens is 432 g/mol. The fraction of sp³-hybridized carbons (Fsp3) is 0.300. The number of benzene rings is 2. The molecular formula is C20H21ClN2O6S. The lowest BCUT2D eigenvalue weighted by molar-refractivity contribution is -0.123. The van der Waals surface area contributed by atoms with Gasteiger partial charge in [-0.05, 0) is 44.2 Å². The van der Waals surface area contributed by atoms with E-state index in [1.54, 1.807) is 32.0 Å². The topological polar surface area (TPSA) is 102 Å². The lowest BCUT2D eigenvalue weighted by Crippen LogP contribution is -2.33. The zero-order valence-corrected chi connectivity index (χ0v) is 18.4. The molecule has 0 unspecified atom stereocenters. The van der Waals surface area contributed by atoms with Crippen molar-refractivity contribution < 1.29 is 27.5 Å². The number of nitrogens with zero attached hydrogens (tertiary/aromatic N) is 1. The lowest BCUT2D eigenvalue weighted by atomic mass is 9.95. The van der Waals surface area contributed by atoms with Crippen molar-refractivity contribution in [2.24, 2.45) is 5.41 Å². The molecule has 10 heteroatoms. The van der Waals surface area contributed by atoms with Crippen molar-refractivity contribution >= 4 is 44.8 Å². The number of rotatable bonds is 5. The van der Waals surface area contributed by atoms with Crippen molar-refractivity contribution in [3.8, 4) is 11.5 Å². The number of methoxy groups -OCH3 is 2. The number of anilines is 2. The van der Waals surface area contributed by atoms with Gasteiger partial charge in [-0.1, -0.05) is 11.6 Å². The zero-order chi connectivity index (χ0) is 22.3. The van der Waals surface area contributed by atoms with E-state index in [2.05, 4.69) is 5.32 Å². The number of hydrogen-bond acceptors (Lipinski definition) is 6. The number of nitrogens with one attached hydrogen (secondary N) is 1. The van der Waals surface area contributed by atoms with Gasteiger partial charge in [-0.25, -0.2) is 12.7 Å². The highest BCUT2D eigenvalue weighted by molar-refractivity contribution is 7.94. The van der Waals surface area contributed by atoms with Crippen LogP contribution in [0.3, 0.4) is 0 Å². The average Bonchev–Trinajstić information content (AvgIpc) is 2.84. The standard InChI is InChI=1S/C20H21ClN2O6S/c1-20(2)11-30(26,27)23(19(20)25)13-6-7-15(21)14(10-13)18(24)22-12-5-8-16(28-3)17(9-12)29-4/h5-10H,11H2,1-4H3,(H,22,24). The largest absolute Gasteiger partial charge is 0.493 e. The van der Waals surface area contributed by atoms with Crippen LogP contribution in [0.5, 0.6) is 11.5 Å². The maximum Gasteiger partial charge on any atom is 0.257 e. The van der Waals surface area contributed by atoms with Gasteiger partial charge in [0.25, 0.3) is 5.91 Å². The second-order valence-corrected chi connectivity index (χ2v) is 9.62. The molecule has 160 valence electrons. The van der Waals surface area contributed by atoms with Gasteiger partial charge in [0, 0.05) is 11.8 Å². The van der Waals surface area contributed by atoms with Crippen LogP contribution in [0.2, 0.25) is 5.02 Å². The Labute approximate surface area is 179 Å². The number of sulfonamides is 1. The van der Waals surface area contributed by atoms with E-state index < -0.39 is 27.3 Å². The summed E-state index contributed by atoms with van der Waals surface area (Å²) in [6.45, 7) is 3.13. The Bertz CT molecular complexity index is 1130. The van der Waals surface area contributed by atoms with Gasteiger partial charge >= 0.3 is 0 Å². The third-order valence-electron chi connectivity index (χ3n) is 4.66. The molecule has 3 rings (SSSR count). The molecule has 2 aromatic rings. The molecule has 0 bridgehead atoms. The molecule has 0 radical (unpaired) electrons. The second-order valence-electron chi connectivity index (χ2n) is 7.40. The number of halogens is 1. The Hall–Kier alpha value is -2.78. The minimum Gasteiger partial charge on any atom is -0.493 e. The fourth-order valence-corrected chi connectivity index (χ4v) is 5.49. The van der Waals surface area contributed by atoms with Crippen LogP contribution in [0.4, 0.5) is 11.4 Å². The molecule has 0 saturated carbocycles. The van der Waals surface area contributed by atoms with Crippen molar-refractivity contribution in [3.05, 3.63) is 47.0 Å². The van der Waals surface area contributed by atoms with Crippen LogP contribution in [0.25, 0.3) is 0 Å². The van der Waals surface area contributed by atoms with Crippen molar-refractivity contribution in [2.75, 3.05) is 29.6 Å². The maximum absolute atomic E-state index is 12.8. The predicted molar refractivity (Wildman–Crippen MR) is 114 cm³/mol. The van der Waals surface area contributed by atoms with E-state index in [0.29, 0.717) is 17.2 Å². The number of carbonyl (C=O) groups is 2. The Morgan fingerprint density at radius 2 is 1.77 bits per heavy atom. The van der Waals surface area contributed by atoms with Gasteiger partial charge in [-0.2, -0.15) is 0 Å². The van der Waals surface area contributed by atoms with Crippen LogP contribution in [0.1, 0.15) is 24.2 Å². The maximum atomic E-state index is 12.8. The van der Waals surface area contributed by atoms with Crippen LogP contribution in [0.15, 0.2) is 36.4 Å². The highest BCUT2D eigenvalue weighted by Crippen LogP contribution is 2.37. The summed E-state index contributed by atoms with van der Waals surface area (Å²) < 4.78 is 36.2. The molecule has 30 heavy (non-hydrogen) atoms. The normalized spacial score (nSPS) is 17.0. The number of amides is 2. The molecule has 1 aliphatic rings. The van der Waals surface area contributed by atoms with E-state index in [-0.39, 0.29) is 22.0 Å². The first-order valence-electron chi connectivity index (χ1n) is 8.90. The molecule has 0 aromatic heterocycles. The SMILES string of the molecule is COc1ccc(NC(=O)c2cc(N3C(=O)C(C)(C)CS3(=O)=O)ccc2Cl)cc1OC. The van der Waals surface area contributed by atoms with E-state index >= 15 is 0 Å². The minimum absolute atomic E-state index is 0.0247. The molecule has 2 aromatic carbocycles. The third kappa shape index (κ3) is 3.95. The van der Waals surface area contributed by atoms with Crippen molar-refractivity contribution in [1.82, 2.24) is 0 Å². The Morgan fingerprint density at radius 1 is 1.10 bits per heavy atom. The van der Waals surface area contributed by atoms with Crippen LogP contribution in [0, 0.1) is 5.41 Å². The number of ether oxygens (including phenoxy) is 2. The second kappa shape index (κ2) is 7.81. The van der Waals surface area contributed by atoms with Crippen LogP contribution >= 0.6 is 11.6 Å². The Kier molecular flexibility index (Phi) is 5.70. The average molecular weight is 453 g/mol. The summed E-state index contributed by atoms with van der Waals surface area (Å²) in [6, 6.07) is 8.89. The summed E-state index contributed by atoms with van der Waals surface area (Å²) in [7, 11) is -0.882. The molecule has 0 spiro atoms. The smallest absolute Gasteiger partial charge is 0.257 e. The van der Waals surface area contributed by atoms with Gasteiger partial charge in [0.05, 0.1) is 41.7 Å². The van der Waals surface area contributed by atoms with Gasteiger partial charge in [0.1, 0.15) is 0 Å². The third-order valence-corrected chi connectivity index (χ3v) is 7.00. The quantitative estimate of drug-likeness (QED) is 0.746. The molecule has 0 atom stereocenters. The summed E-state index contributed by atoms with van der Waals surface area (Å²) in [5.74, 6) is -0.523. The van der Waals surface area contributed by atoms with Crippen LogP contribution < -0.4 is 19.1 Å². The number of carbonyl (C=O) groups excluding carboxylic acids is 2. The van der Waals surface area contributed by atoms with E-state index in [9.17, 15) is 18.0 Å². The molecule has 0 aliphatic carbocycles. The van der Waals surface area contributed by atoms with E-state index in [0.717, 1.165) is 4.31 Å². The Morgan fingerprint density at radius 3 is 2.33 bits per heavy atom. The first kappa shape index (κ1) is 21.9. The molecule has 8 nitrogen and oxygen atoms in total. The fourth-order valence-electron chi connectivity index (χ4n) is 3.19. The molecule has 1 fully saturated rings. The van der Waals surface area contributed by atoms with Gasteiger partial charge in [-0.15, -0.1) is 0 Å². The van der Waals surface area contributed by atoms with E-state index in [4.69, 9.17) is 21.1 Å². The van der Waals surface area contributed by atoms with Gasteiger partial charge < -0.3 is 14.8 Å². The van der Waals surface area contributed by atoms with Crippen molar-refractivity contribution in [1.29, 1.82) is 0 Å². The zero-order valence-electron chi connectivity index (χ0n) is 16.9. The molecule has 1 heterocycles. The van der Waals surface area contributed by atoms with Gasteiger partial charge in [0.15, 0.2) is 11.5 Å². The minimum atomic E-state index is -3.85. The lowest BCUT2D eigenvalue weighted by Gasteiger charge is -2.18. The monoisotopic (exact) mass is 452 g/mol. The van der Waals surface area contributed by atoms with Crippen LogP contribution in [-0.4, -0.2) is 40.2 Å². The van der Waals surface area contributed by atoms with E-state index in [1.165, 1.54) is 32.4 Å². The summed E-state index contributed by atoms with van der Waals surface area (Å²) >= 11 is 6.18. The molecule has 1 N–H and O–H groups in total. The summed E-state index contributed by atoms with van der Waals surface area (Å²) in [5.41, 5.74) is -0.546. The van der Waals surface area contributed by atoms with Gasteiger partial charge in [0.2, 0.25) is 15.9 Å². The summed E-state index contributed by atoms with van der Waals surface area (Å²) in [6.07, 6.45) is 0. The molecule has 1 saturated heterocycles. The number of hydrogen-bond donors (Lipinski definition) is 1. The highest BCUT2D eigenvalue weighted by atomic mass is 35.5. The van der Waals surface area contributed by atoms with Crippen molar-refractivity contribution in [2.45, 2.75) is 13.8 Å². The highest BCUT2D eigenvalue weighted by Gasteiger charge is 2.50. The van der Waals surface area contributed by atoms with E-state index in [1.807, 2.05) is 0 Å². The molecule has 2 amide bonds. The first-order valence-corrected chi connectivity index (χ1v) is 10.9. The van der Waals surface area contributed by atoms with Crippen LogP contribution in [-0.2, 0) is 14.8 Å². The molecule has 1 aliphatic heterocycles. The Balaban J connectivity index is 1.94. The predicted octanol–water partition coefficient (Wildman–Crippen LogP) is 3.31. The summed E-state index contributed by atoms with van der Waals surface area (Å²) in [4.78, 5) is 25.4.